The predicted octanol–water partition coefficient (Wildman–Crippen LogP) is 4.62. The summed E-state index contributed by atoms with van der Waals surface area (Å²) >= 11 is 0.112. The van der Waals surface area contributed by atoms with Crippen LogP contribution in [-0.2, 0) is 0 Å². The zero-order valence-corrected chi connectivity index (χ0v) is 14.1. The van der Waals surface area contributed by atoms with Crippen LogP contribution in [0.2, 0.25) is 13.3 Å². The van der Waals surface area contributed by atoms with Gasteiger partial charge in [-0.15, -0.1) is 0 Å². The Morgan fingerprint density at radius 3 is 2.19 bits per heavy atom. The minimum absolute atomic E-state index is 1.45. The molecule has 0 aliphatic heterocycles. The first-order chi connectivity index (χ1) is 7.75. The summed E-state index contributed by atoms with van der Waals surface area (Å²) in [4.78, 5) is 0. The van der Waals surface area contributed by atoms with Crippen LogP contribution < -0.4 is 2.89 Å². The molecule has 0 N–H and O–H groups in total. The normalized spacial score (nSPS) is 12.2. The molecule has 0 fully saturated rings. The summed E-state index contributed by atoms with van der Waals surface area (Å²) in [6, 6.07) is 11.3. The van der Waals surface area contributed by atoms with Gasteiger partial charge in [-0.25, -0.2) is 0 Å². The van der Waals surface area contributed by atoms with Crippen LogP contribution in [0, 0.1) is 0 Å². The summed E-state index contributed by atoms with van der Waals surface area (Å²) < 4.78 is 7.62. The zero-order chi connectivity index (χ0) is 11.6. The van der Waals surface area contributed by atoms with E-state index in [9.17, 15) is 0 Å². The molecule has 0 aliphatic carbocycles. The van der Waals surface area contributed by atoms with Crippen molar-refractivity contribution in [1.82, 2.24) is 0 Å². The fraction of sp³-hybridized carbons (Fsp3) is 0.429. The molecule has 1 aromatic carbocycles. The molecule has 0 aliphatic rings. The number of benzene rings is 1. The van der Waals surface area contributed by atoms with E-state index < -0.39 is 18.4 Å². The van der Waals surface area contributed by atoms with Gasteiger partial charge in [-0.1, -0.05) is 0 Å². The summed E-state index contributed by atoms with van der Waals surface area (Å²) in [5.74, 6) is 0. The summed E-state index contributed by atoms with van der Waals surface area (Å²) in [6.45, 7) is 7.23. The fourth-order valence-corrected chi connectivity index (χ4v) is 17.8. The molecule has 0 saturated carbocycles. The quantitative estimate of drug-likeness (QED) is 0.714. The molecule has 0 amide bonds. The summed E-state index contributed by atoms with van der Waals surface area (Å²) in [5, 5.41) is 1.46. The van der Waals surface area contributed by atoms with Gasteiger partial charge >= 0.3 is 107 Å². The van der Waals surface area contributed by atoms with E-state index in [1.165, 1.54) is 23.4 Å². The van der Waals surface area contributed by atoms with Crippen LogP contribution in [0.3, 0.4) is 0 Å². The van der Waals surface area contributed by atoms with Gasteiger partial charge in [0, 0.05) is 0 Å². The topological polar surface area (TPSA) is 0 Å². The number of hydrogen-bond acceptors (Lipinski definition) is 1. The van der Waals surface area contributed by atoms with Crippen molar-refractivity contribution >= 4 is 42.7 Å². The molecule has 2 rings (SSSR count). The molecule has 0 atom stereocenters. The van der Waals surface area contributed by atoms with Gasteiger partial charge in [0.15, 0.2) is 0 Å². The first-order valence-corrected chi connectivity index (χ1v) is 14.5. The van der Waals surface area contributed by atoms with Gasteiger partial charge in [0.25, 0.3) is 0 Å². The summed E-state index contributed by atoms with van der Waals surface area (Å²) in [5.41, 5.74) is 0. The van der Waals surface area contributed by atoms with Crippen molar-refractivity contribution in [2.75, 3.05) is 0 Å². The molecule has 0 spiro atoms. The molecule has 0 bridgehead atoms. The third-order valence-electron chi connectivity index (χ3n) is 3.98. The molecule has 2 heteroatoms. The zero-order valence-electron chi connectivity index (χ0n) is 10.4. The maximum absolute atomic E-state index is 2.49. The Hall–Kier alpha value is -0.0213. The molecular weight excluding hydrogens is 319 g/mol. The molecule has 0 nitrogen and oxygen atoms in total. The van der Waals surface area contributed by atoms with E-state index in [-0.39, 0.29) is 0 Å². The Balaban J connectivity index is 2.53. The number of hydrogen-bond donors (Lipinski definition) is 0. The first-order valence-electron chi connectivity index (χ1n) is 6.24. The molecule has 0 saturated heterocycles. The van der Waals surface area contributed by atoms with Crippen molar-refractivity contribution in [1.29, 1.82) is 0 Å². The van der Waals surface area contributed by atoms with E-state index in [2.05, 4.69) is 62.4 Å². The Kier molecular flexibility index (Phi) is 3.96. The van der Waals surface area contributed by atoms with Gasteiger partial charge in [0.05, 0.1) is 0 Å². The molecule has 2 aromatic rings. The van der Waals surface area contributed by atoms with Crippen molar-refractivity contribution in [3.05, 3.63) is 30.3 Å². The SMILES string of the molecule is C[CH2][Sn]([CH2]C)([CH2]C)[c]1cc2ccccc2s1. The van der Waals surface area contributed by atoms with Crippen LogP contribution in [0.1, 0.15) is 20.8 Å². The monoisotopic (exact) mass is 340 g/mol. The molecule has 1 aromatic heterocycles. The molecule has 16 heavy (non-hydrogen) atoms. The molecular formula is C14H20SSn. The van der Waals surface area contributed by atoms with E-state index in [1.807, 2.05) is 0 Å². The van der Waals surface area contributed by atoms with Crippen LogP contribution >= 0.6 is 11.3 Å². The second-order valence-electron chi connectivity index (χ2n) is 4.49. The number of fused-ring (bicyclic) bond motifs is 1. The molecule has 86 valence electrons. The Labute approximate surface area is 107 Å². The number of thiophene rings is 1. The van der Waals surface area contributed by atoms with Gasteiger partial charge in [-0.3, -0.25) is 0 Å². The van der Waals surface area contributed by atoms with Crippen LogP contribution in [-0.4, -0.2) is 18.4 Å². The standard InChI is InChI=1S/C8H5S.3C2H5.Sn/c1-2-4-8-7(3-1)5-6-9-8;3*1-2;/h1-5H;3*1H2,2H3;. The van der Waals surface area contributed by atoms with Crippen molar-refractivity contribution in [3.8, 4) is 0 Å². The van der Waals surface area contributed by atoms with Crippen molar-refractivity contribution in [2.24, 2.45) is 0 Å². The van der Waals surface area contributed by atoms with Crippen LogP contribution in [0.25, 0.3) is 10.1 Å². The van der Waals surface area contributed by atoms with Crippen LogP contribution in [0.4, 0.5) is 0 Å². The van der Waals surface area contributed by atoms with E-state index in [1.54, 1.807) is 2.89 Å². The second-order valence-corrected chi connectivity index (χ2v) is 21.5. The van der Waals surface area contributed by atoms with E-state index in [4.69, 9.17) is 0 Å². The molecule has 0 radical (unpaired) electrons. The summed E-state index contributed by atoms with van der Waals surface area (Å²) in [6.07, 6.45) is 0. The maximum atomic E-state index is 2.49. The third-order valence-corrected chi connectivity index (χ3v) is 23.7. The second kappa shape index (κ2) is 5.09. The number of rotatable bonds is 4. The van der Waals surface area contributed by atoms with Crippen molar-refractivity contribution in [3.63, 3.8) is 0 Å². The van der Waals surface area contributed by atoms with Gasteiger partial charge < -0.3 is 0 Å². The van der Waals surface area contributed by atoms with Gasteiger partial charge in [0.2, 0.25) is 0 Å². The third kappa shape index (κ3) is 2.04. The average molecular weight is 339 g/mol. The Bertz CT molecular complexity index is 427. The predicted molar refractivity (Wildman–Crippen MR) is 78.7 cm³/mol. The van der Waals surface area contributed by atoms with E-state index >= 15 is 0 Å². The molecule has 0 unspecified atom stereocenters. The van der Waals surface area contributed by atoms with Gasteiger partial charge in [-0.05, 0) is 0 Å². The Morgan fingerprint density at radius 2 is 1.62 bits per heavy atom. The van der Waals surface area contributed by atoms with E-state index in [0.717, 1.165) is 0 Å². The average Bonchev–Trinajstić information content (AvgIpc) is 2.76. The molecule has 1 heterocycles. The van der Waals surface area contributed by atoms with Crippen LogP contribution in [0.15, 0.2) is 30.3 Å². The minimum atomic E-state index is -1.96. The van der Waals surface area contributed by atoms with Crippen molar-refractivity contribution in [2.45, 2.75) is 34.1 Å². The van der Waals surface area contributed by atoms with Gasteiger partial charge in [0.1, 0.15) is 0 Å². The summed E-state index contributed by atoms with van der Waals surface area (Å²) in [7, 11) is 0. The van der Waals surface area contributed by atoms with Crippen LogP contribution in [0.5, 0.6) is 0 Å². The first kappa shape index (κ1) is 12.4. The van der Waals surface area contributed by atoms with Gasteiger partial charge in [-0.2, -0.15) is 0 Å². The van der Waals surface area contributed by atoms with E-state index in [0.29, 0.717) is 0 Å². The fourth-order valence-electron chi connectivity index (χ4n) is 2.52. The Morgan fingerprint density at radius 1 is 1.00 bits per heavy atom. The van der Waals surface area contributed by atoms with Crippen molar-refractivity contribution < 1.29 is 0 Å².